The van der Waals surface area contributed by atoms with Gasteiger partial charge in [-0.25, -0.2) is 13.2 Å². The molecule has 0 radical (unpaired) electrons. The molecule has 0 aromatic heterocycles. The van der Waals surface area contributed by atoms with Crippen LogP contribution in [0.25, 0.3) is 0 Å². The van der Waals surface area contributed by atoms with Crippen molar-refractivity contribution in [3.8, 4) is 0 Å². The van der Waals surface area contributed by atoms with Gasteiger partial charge in [-0.2, -0.15) is 0 Å². The monoisotopic (exact) mass is 291 g/mol. The van der Waals surface area contributed by atoms with E-state index in [1.807, 2.05) is 5.32 Å². The second kappa shape index (κ2) is 6.14. The number of nitrogens with two attached hydrogens (primary N) is 1. The molecule has 19 heavy (non-hydrogen) atoms. The van der Waals surface area contributed by atoms with Gasteiger partial charge in [-0.3, -0.25) is 9.59 Å². The third kappa shape index (κ3) is 4.21. The highest BCUT2D eigenvalue weighted by atomic mass is 32.1. The van der Waals surface area contributed by atoms with E-state index < -0.39 is 35.0 Å². The first kappa shape index (κ1) is 14.9. The van der Waals surface area contributed by atoms with Crippen LogP contribution in [0.15, 0.2) is 12.1 Å². The summed E-state index contributed by atoms with van der Waals surface area (Å²) >= 11 is 4.46. The fraction of sp³-hybridized carbons (Fsp3) is 0.100. The highest BCUT2D eigenvalue weighted by Gasteiger charge is 2.17. The number of anilines is 1. The summed E-state index contributed by atoms with van der Waals surface area (Å²) in [5.41, 5.74) is 4.43. The molecule has 1 aromatic carbocycles. The van der Waals surface area contributed by atoms with Gasteiger partial charge in [0.2, 0.25) is 0 Å². The zero-order valence-corrected chi connectivity index (χ0v) is 10.1. The highest BCUT2D eigenvalue weighted by Crippen LogP contribution is 2.18. The van der Waals surface area contributed by atoms with Crippen LogP contribution >= 0.6 is 12.2 Å². The van der Waals surface area contributed by atoms with Crippen LogP contribution < -0.4 is 16.4 Å². The SMILES string of the molecule is NC(=S)CNC(=O)C(=O)Nc1cc(F)c(F)cc1F. The fourth-order valence-corrected chi connectivity index (χ4v) is 1.12. The molecular weight excluding hydrogens is 283 g/mol. The second-order valence-electron chi connectivity index (χ2n) is 3.35. The zero-order valence-electron chi connectivity index (χ0n) is 9.30. The maximum absolute atomic E-state index is 13.2. The Kier molecular flexibility index (Phi) is 4.81. The van der Waals surface area contributed by atoms with Crippen LogP contribution in [0.1, 0.15) is 0 Å². The summed E-state index contributed by atoms with van der Waals surface area (Å²) in [6, 6.07) is 0.668. The molecule has 0 aliphatic rings. The molecule has 9 heteroatoms. The van der Waals surface area contributed by atoms with Crippen molar-refractivity contribution in [3.63, 3.8) is 0 Å². The van der Waals surface area contributed by atoms with E-state index in [9.17, 15) is 22.8 Å². The molecule has 1 rings (SSSR count). The Morgan fingerprint density at radius 3 is 2.26 bits per heavy atom. The number of hydrogen-bond donors (Lipinski definition) is 3. The average Bonchev–Trinajstić information content (AvgIpc) is 2.32. The summed E-state index contributed by atoms with van der Waals surface area (Å²) in [5.74, 6) is -6.39. The van der Waals surface area contributed by atoms with Gasteiger partial charge < -0.3 is 16.4 Å². The third-order valence-electron chi connectivity index (χ3n) is 1.89. The van der Waals surface area contributed by atoms with Gasteiger partial charge in [0.15, 0.2) is 11.6 Å². The molecular formula is C10H8F3N3O2S. The molecule has 0 bridgehead atoms. The maximum atomic E-state index is 13.2. The lowest BCUT2D eigenvalue weighted by Gasteiger charge is -2.07. The van der Waals surface area contributed by atoms with E-state index in [1.165, 1.54) is 0 Å². The van der Waals surface area contributed by atoms with Gasteiger partial charge >= 0.3 is 11.8 Å². The third-order valence-corrected chi connectivity index (χ3v) is 2.03. The van der Waals surface area contributed by atoms with Gasteiger partial charge in [-0.05, 0) is 0 Å². The number of nitrogens with one attached hydrogen (secondary N) is 2. The number of rotatable bonds is 3. The van der Waals surface area contributed by atoms with Crippen LogP contribution in [0.3, 0.4) is 0 Å². The normalized spacial score (nSPS) is 9.84. The number of thiocarbonyl (C=S) groups is 1. The van der Waals surface area contributed by atoms with Crippen molar-refractivity contribution in [2.75, 3.05) is 11.9 Å². The molecule has 5 nitrogen and oxygen atoms in total. The topological polar surface area (TPSA) is 84.2 Å². The Bertz CT molecular complexity index is 551. The van der Waals surface area contributed by atoms with Crippen LogP contribution in [-0.4, -0.2) is 23.3 Å². The van der Waals surface area contributed by atoms with Crippen molar-refractivity contribution >= 4 is 34.7 Å². The lowest BCUT2D eigenvalue weighted by atomic mass is 10.2. The Morgan fingerprint density at radius 2 is 1.68 bits per heavy atom. The van der Waals surface area contributed by atoms with Gasteiger partial charge in [-0.1, -0.05) is 12.2 Å². The number of benzene rings is 1. The van der Waals surface area contributed by atoms with Crippen molar-refractivity contribution in [1.29, 1.82) is 0 Å². The Morgan fingerprint density at radius 1 is 1.11 bits per heavy atom. The van der Waals surface area contributed by atoms with Gasteiger partial charge in [-0.15, -0.1) is 0 Å². The van der Waals surface area contributed by atoms with Crippen molar-refractivity contribution in [2.45, 2.75) is 0 Å². The Balaban J connectivity index is 2.74. The van der Waals surface area contributed by atoms with Crippen molar-refractivity contribution in [3.05, 3.63) is 29.6 Å². The van der Waals surface area contributed by atoms with Crippen molar-refractivity contribution in [1.82, 2.24) is 5.32 Å². The summed E-state index contributed by atoms with van der Waals surface area (Å²) in [6.45, 7) is -0.220. The van der Waals surface area contributed by atoms with Gasteiger partial charge in [0, 0.05) is 12.1 Å². The summed E-state index contributed by atoms with van der Waals surface area (Å²) in [6.07, 6.45) is 0. The number of carbonyl (C=O) groups is 2. The minimum Gasteiger partial charge on any atom is -0.392 e. The van der Waals surface area contributed by atoms with Crippen LogP contribution in [-0.2, 0) is 9.59 Å². The zero-order chi connectivity index (χ0) is 14.6. The van der Waals surface area contributed by atoms with Gasteiger partial charge in [0.1, 0.15) is 5.82 Å². The minimum absolute atomic E-state index is 0.0554. The maximum Gasteiger partial charge on any atom is 0.313 e. The molecule has 0 heterocycles. The molecule has 2 amide bonds. The number of halogens is 3. The molecule has 0 saturated carbocycles. The lowest BCUT2D eigenvalue weighted by molar-refractivity contribution is -0.136. The number of hydrogen-bond acceptors (Lipinski definition) is 3. The molecule has 0 aliphatic carbocycles. The summed E-state index contributed by atoms with van der Waals surface area (Å²) in [4.78, 5) is 22.4. The van der Waals surface area contributed by atoms with E-state index in [2.05, 4.69) is 12.2 Å². The summed E-state index contributed by atoms with van der Waals surface area (Å²) in [7, 11) is 0. The van der Waals surface area contributed by atoms with Crippen molar-refractivity contribution < 1.29 is 22.8 Å². The summed E-state index contributed by atoms with van der Waals surface area (Å²) < 4.78 is 38.6. The molecule has 4 N–H and O–H groups in total. The first-order chi connectivity index (χ1) is 8.81. The molecule has 0 spiro atoms. The molecule has 0 aliphatic heterocycles. The van der Waals surface area contributed by atoms with E-state index in [1.54, 1.807) is 5.32 Å². The first-order valence-electron chi connectivity index (χ1n) is 4.83. The van der Waals surface area contributed by atoms with E-state index in [0.717, 1.165) is 0 Å². The van der Waals surface area contributed by atoms with Crippen LogP contribution in [0.2, 0.25) is 0 Å². The molecule has 1 aromatic rings. The first-order valence-corrected chi connectivity index (χ1v) is 5.24. The van der Waals surface area contributed by atoms with Crippen molar-refractivity contribution in [2.24, 2.45) is 5.73 Å². The van der Waals surface area contributed by atoms with Gasteiger partial charge in [0.05, 0.1) is 17.2 Å². The predicted octanol–water partition coefficient (Wildman–Crippen LogP) is 0.445. The Labute approximate surface area is 111 Å². The Hall–Kier alpha value is -2.16. The minimum atomic E-state index is -1.41. The van der Waals surface area contributed by atoms with E-state index in [-0.39, 0.29) is 17.6 Å². The standard InChI is InChI=1S/C10H8F3N3O2S/c11-4-1-6(13)7(2-5(4)12)16-10(18)9(17)15-3-8(14)19/h1-2H,3H2,(H2,14,19)(H,15,17)(H,16,18). The molecule has 0 atom stereocenters. The largest absolute Gasteiger partial charge is 0.392 e. The molecule has 0 unspecified atom stereocenters. The summed E-state index contributed by atoms with van der Waals surface area (Å²) in [5, 5.41) is 3.83. The second-order valence-corrected chi connectivity index (χ2v) is 3.87. The molecule has 0 fully saturated rings. The van der Waals surface area contributed by atoms with E-state index >= 15 is 0 Å². The number of amides is 2. The quantitative estimate of drug-likeness (QED) is 0.429. The van der Waals surface area contributed by atoms with Crippen LogP contribution in [0.5, 0.6) is 0 Å². The van der Waals surface area contributed by atoms with Crippen LogP contribution in [0, 0.1) is 17.5 Å². The van der Waals surface area contributed by atoms with E-state index in [0.29, 0.717) is 6.07 Å². The molecule has 0 saturated heterocycles. The van der Waals surface area contributed by atoms with E-state index in [4.69, 9.17) is 5.73 Å². The average molecular weight is 291 g/mol. The fourth-order valence-electron chi connectivity index (χ4n) is 1.05. The van der Waals surface area contributed by atoms with Crippen LogP contribution in [0.4, 0.5) is 18.9 Å². The lowest BCUT2D eigenvalue weighted by Crippen LogP contribution is -2.39. The number of carbonyl (C=O) groups excluding carboxylic acids is 2. The highest BCUT2D eigenvalue weighted by molar-refractivity contribution is 7.80. The molecule has 102 valence electrons. The van der Waals surface area contributed by atoms with Gasteiger partial charge in [0.25, 0.3) is 0 Å². The smallest absolute Gasteiger partial charge is 0.313 e. The predicted molar refractivity (Wildman–Crippen MR) is 64.7 cm³/mol.